The van der Waals surface area contributed by atoms with Crippen LogP contribution >= 0.6 is 0 Å². The first kappa shape index (κ1) is 12.9. The van der Waals surface area contributed by atoms with E-state index in [9.17, 15) is 9.59 Å². The molecule has 1 atom stereocenters. The summed E-state index contributed by atoms with van der Waals surface area (Å²) in [5.41, 5.74) is 5.56. The second kappa shape index (κ2) is 6.37. The van der Waals surface area contributed by atoms with Gasteiger partial charge in [0.1, 0.15) is 0 Å². The smallest absolute Gasteiger partial charge is 0.305 e. The van der Waals surface area contributed by atoms with E-state index in [1.807, 2.05) is 13.8 Å². The van der Waals surface area contributed by atoms with Gasteiger partial charge in [-0.1, -0.05) is 6.92 Å². The van der Waals surface area contributed by atoms with E-state index in [1.165, 1.54) is 4.90 Å². The molecular formula is C9H18N2O3. The third-order valence-electron chi connectivity index (χ3n) is 2.05. The lowest BCUT2D eigenvalue weighted by Crippen LogP contribution is -2.44. The number of nitrogens with zero attached hydrogens (tertiary/aromatic N) is 1. The van der Waals surface area contributed by atoms with Gasteiger partial charge in [0.2, 0.25) is 5.91 Å². The van der Waals surface area contributed by atoms with E-state index in [0.717, 1.165) is 0 Å². The van der Waals surface area contributed by atoms with Gasteiger partial charge in [0.25, 0.3) is 0 Å². The van der Waals surface area contributed by atoms with Crippen molar-refractivity contribution in [1.29, 1.82) is 0 Å². The Morgan fingerprint density at radius 2 is 2.00 bits per heavy atom. The van der Waals surface area contributed by atoms with Crippen LogP contribution in [0.4, 0.5) is 0 Å². The van der Waals surface area contributed by atoms with Crippen LogP contribution in [0.25, 0.3) is 0 Å². The Kier molecular flexibility index (Phi) is 5.87. The predicted molar refractivity (Wildman–Crippen MR) is 52.8 cm³/mol. The topological polar surface area (TPSA) is 83.6 Å². The zero-order valence-electron chi connectivity index (χ0n) is 8.69. The van der Waals surface area contributed by atoms with E-state index < -0.39 is 12.0 Å². The van der Waals surface area contributed by atoms with Crippen molar-refractivity contribution in [3.05, 3.63) is 0 Å². The average Bonchev–Trinajstić information content (AvgIpc) is 2.16. The second-order valence-corrected chi connectivity index (χ2v) is 3.08. The van der Waals surface area contributed by atoms with Crippen molar-refractivity contribution in [1.82, 2.24) is 4.90 Å². The Hall–Kier alpha value is -1.10. The maximum Gasteiger partial charge on any atom is 0.305 e. The number of hydrogen-bond acceptors (Lipinski definition) is 3. The predicted octanol–water partition coefficient (Wildman–Crippen LogP) is 0.0469. The van der Waals surface area contributed by atoms with Crippen LogP contribution in [0.3, 0.4) is 0 Å². The molecule has 0 aromatic heterocycles. The monoisotopic (exact) mass is 202 g/mol. The van der Waals surface area contributed by atoms with Gasteiger partial charge in [-0.15, -0.1) is 0 Å². The van der Waals surface area contributed by atoms with Crippen LogP contribution in [-0.2, 0) is 9.59 Å². The van der Waals surface area contributed by atoms with Crippen LogP contribution in [0, 0.1) is 0 Å². The number of aliphatic carboxylic acids is 1. The van der Waals surface area contributed by atoms with Crippen molar-refractivity contribution in [2.45, 2.75) is 32.7 Å². The summed E-state index contributed by atoms with van der Waals surface area (Å²) < 4.78 is 0. The molecule has 0 aliphatic heterocycles. The normalized spacial score (nSPS) is 12.2. The minimum Gasteiger partial charge on any atom is -0.481 e. The van der Waals surface area contributed by atoms with Gasteiger partial charge < -0.3 is 15.7 Å². The molecule has 0 saturated heterocycles. The Labute approximate surface area is 83.9 Å². The molecule has 0 radical (unpaired) electrons. The Morgan fingerprint density at radius 3 is 2.36 bits per heavy atom. The summed E-state index contributed by atoms with van der Waals surface area (Å²) in [5.74, 6) is -1.07. The van der Waals surface area contributed by atoms with Gasteiger partial charge in [-0.2, -0.15) is 0 Å². The average molecular weight is 202 g/mol. The number of carbonyl (C=O) groups is 2. The van der Waals surface area contributed by atoms with Crippen LogP contribution in [0.1, 0.15) is 26.7 Å². The fourth-order valence-electron chi connectivity index (χ4n) is 1.06. The van der Waals surface area contributed by atoms with Crippen molar-refractivity contribution < 1.29 is 14.7 Å². The van der Waals surface area contributed by atoms with E-state index in [4.69, 9.17) is 10.8 Å². The molecule has 0 spiro atoms. The molecule has 0 saturated carbocycles. The third-order valence-corrected chi connectivity index (χ3v) is 2.05. The summed E-state index contributed by atoms with van der Waals surface area (Å²) in [5, 5.41) is 8.47. The molecule has 0 aromatic rings. The summed E-state index contributed by atoms with van der Waals surface area (Å²) in [6.45, 7) is 4.37. The quantitative estimate of drug-likeness (QED) is 0.637. The standard InChI is InChI=1S/C9H18N2O3/c1-3-7(10)9(14)11(4-2)6-5-8(12)13/h7H,3-6,10H2,1-2H3,(H,12,13)/t7-/m0/s1. The summed E-state index contributed by atoms with van der Waals surface area (Å²) in [4.78, 5) is 23.3. The number of carboxylic acid groups (broad SMARTS) is 1. The van der Waals surface area contributed by atoms with Crippen LogP contribution < -0.4 is 5.73 Å². The molecule has 0 fully saturated rings. The van der Waals surface area contributed by atoms with Crippen LogP contribution in [-0.4, -0.2) is 41.0 Å². The fraction of sp³-hybridized carbons (Fsp3) is 0.778. The van der Waals surface area contributed by atoms with E-state index in [-0.39, 0.29) is 18.9 Å². The lowest BCUT2D eigenvalue weighted by Gasteiger charge is -2.22. The minimum atomic E-state index is -0.902. The molecule has 5 nitrogen and oxygen atoms in total. The number of carboxylic acids is 1. The van der Waals surface area contributed by atoms with Crippen molar-refractivity contribution in [3.8, 4) is 0 Å². The highest BCUT2D eigenvalue weighted by molar-refractivity contribution is 5.82. The van der Waals surface area contributed by atoms with E-state index >= 15 is 0 Å². The lowest BCUT2D eigenvalue weighted by atomic mass is 10.2. The van der Waals surface area contributed by atoms with E-state index in [0.29, 0.717) is 13.0 Å². The first-order valence-electron chi connectivity index (χ1n) is 4.79. The SMILES string of the molecule is CC[C@H](N)C(=O)N(CC)CCC(=O)O. The zero-order chi connectivity index (χ0) is 11.1. The fourth-order valence-corrected chi connectivity index (χ4v) is 1.06. The molecule has 0 aliphatic carbocycles. The summed E-state index contributed by atoms with van der Waals surface area (Å²) in [6, 6.07) is -0.510. The Morgan fingerprint density at radius 1 is 1.43 bits per heavy atom. The molecule has 1 amide bonds. The molecule has 0 unspecified atom stereocenters. The maximum absolute atomic E-state index is 11.5. The van der Waals surface area contributed by atoms with Gasteiger partial charge in [-0.3, -0.25) is 9.59 Å². The number of nitrogens with two attached hydrogens (primary N) is 1. The highest BCUT2D eigenvalue weighted by Gasteiger charge is 2.18. The van der Waals surface area contributed by atoms with Crippen LogP contribution in [0.5, 0.6) is 0 Å². The van der Waals surface area contributed by atoms with Crippen molar-refractivity contribution in [3.63, 3.8) is 0 Å². The molecule has 0 heterocycles. The number of likely N-dealkylation sites (N-methyl/N-ethyl adjacent to an activating group) is 1. The molecule has 5 heteroatoms. The number of carbonyl (C=O) groups excluding carboxylic acids is 1. The molecule has 0 bridgehead atoms. The third kappa shape index (κ3) is 4.23. The molecule has 0 rings (SSSR count). The molecule has 14 heavy (non-hydrogen) atoms. The van der Waals surface area contributed by atoms with Gasteiger partial charge in [-0.05, 0) is 13.3 Å². The van der Waals surface area contributed by atoms with Crippen molar-refractivity contribution >= 4 is 11.9 Å². The minimum absolute atomic E-state index is 0.0317. The van der Waals surface area contributed by atoms with Gasteiger partial charge in [0.15, 0.2) is 0 Å². The maximum atomic E-state index is 11.5. The lowest BCUT2D eigenvalue weighted by molar-refractivity contribution is -0.138. The molecule has 0 aromatic carbocycles. The molecule has 3 N–H and O–H groups in total. The first-order valence-corrected chi connectivity index (χ1v) is 4.79. The van der Waals surface area contributed by atoms with Crippen LogP contribution in [0.2, 0.25) is 0 Å². The van der Waals surface area contributed by atoms with Gasteiger partial charge in [0.05, 0.1) is 12.5 Å². The summed E-state index contributed by atoms with van der Waals surface area (Å²) in [6.07, 6.45) is 0.540. The van der Waals surface area contributed by atoms with Crippen LogP contribution in [0.15, 0.2) is 0 Å². The van der Waals surface area contributed by atoms with Gasteiger partial charge in [-0.25, -0.2) is 0 Å². The second-order valence-electron chi connectivity index (χ2n) is 3.08. The van der Waals surface area contributed by atoms with Crippen molar-refractivity contribution in [2.24, 2.45) is 5.73 Å². The Balaban J connectivity index is 4.12. The number of rotatable bonds is 6. The van der Waals surface area contributed by atoms with Gasteiger partial charge >= 0.3 is 5.97 Å². The highest BCUT2D eigenvalue weighted by atomic mass is 16.4. The number of hydrogen-bond donors (Lipinski definition) is 2. The van der Waals surface area contributed by atoms with Crippen molar-refractivity contribution in [2.75, 3.05) is 13.1 Å². The molecule has 82 valence electrons. The summed E-state index contributed by atoms with van der Waals surface area (Å²) >= 11 is 0. The summed E-state index contributed by atoms with van der Waals surface area (Å²) in [7, 11) is 0. The van der Waals surface area contributed by atoms with Gasteiger partial charge in [0, 0.05) is 13.1 Å². The van der Waals surface area contributed by atoms with E-state index in [2.05, 4.69) is 0 Å². The Bertz CT molecular complexity index is 206. The van der Waals surface area contributed by atoms with E-state index in [1.54, 1.807) is 0 Å². The highest BCUT2D eigenvalue weighted by Crippen LogP contribution is 1.98. The molecular weight excluding hydrogens is 184 g/mol. The first-order chi connectivity index (χ1) is 6.52. The molecule has 0 aliphatic rings. The largest absolute Gasteiger partial charge is 0.481 e. The number of amides is 1. The zero-order valence-corrected chi connectivity index (χ0v) is 8.69.